The van der Waals surface area contributed by atoms with Crippen molar-refractivity contribution in [1.29, 1.82) is 0 Å². The fraction of sp³-hybridized carbons (Fsp3) is 0.179. The van der Waals surface area contributed by atoms with Gasteiger partial charge in [-0.25, -0.2) is 9.48 Å². The summed E-state index contributed by atoms with van der Waals surface area (Å²) in [6, 6.07) is 18.5. The highest BCUT2D eigenvalue weighted by atomic mass is 35.5. The number of thiophene rings is 1. The van der Waals surface area contributed by atoms with E-state index < -0.39 is 5.97 Å². The van der Waals surface area contributed by atoms with Gasteiger partial charge in [0.15, 0.2) is 5.78 Å². The van der Waals surface area contributed by atoms with Gasteiger partial charge in [-0.15, -0.1) is 11.3 Å². The van der Waals surface area contributed by atoms with Crippen LogP contribution in [0.4, 0.5) is 5.82 Å². The van der Waals surface area contributed by atoms with Crippen molar-refractivity contribution in [2.24, 2.45) is 0 Å². The summed E-state index contributed by atoms with van der Waals surface area (Å²) in [6.45, 7) is 1.90. The molecule has 2 aliphatic rings. The molecule has 0 radical (unpaired) electrons. The predicted octanol–water partition coefficient (Wildman–Crippen LogP) is 6.55. The van der Waals surface area contributed by atoms with Gasteiger partial charge in [0, 0.05) is 45.0 Å². The van der Waals surface area contributed by atoms with Crippen LogP contribution in [0.15, 0.2) is 77.3 Å². The van der Waals surface area contributed by atoms with E-state index in [1.807, 2.05) is 42.6 Å². The monoisotopic (exact) mass is 515 g/mol. The van der Waals surface area contributed by atoms with Gasteiger partial charge in [-0.1, -0.05) is 41.9 Å². The zero-order valence-corrected chi connectivity index (χ0v) is 20.9. The topological polar surface area (TPSA) is 84.2 Å². The molecule has 6 nitrogen and oxygen atoms in total. The van der Waals surface area contributed by atoms with E-state index in [4.69, 9.17) is 16.7 Å². The van der Waals surface area contributed by atoms with Crippen molar-refractivity contribution in [3.05, 3.63) is 110 Å². The number of hydrogen-bond donors (Lipinski definition) is 2. The second-order valence-corrected chi connectivity index (χ2v) is 10.5. The second-order valence-electron chi connectivity index (χ2n) is 9.13. The highest BCUT2D eigenvalue weighted by molar-refractivity contribution is 7.10. The summed E-state index contributed by atoms with van der Waals surface area (Å²) in [5.74, 6) is -0.440. The molecule has 0 fully saturated rings. The van der Waals surface area contributed by atoms with E-state index in [1.54, 1.807) is 40.3 Å². The number of carbonyl (C=O) groups is 2. The molecule has 0 saturated carbocycles. The molecule has 8 heteroatoms. The van der Waals surface area contributed by atoms with Crippen molar-refractivity contribution in [2.45, 2.75) is 31.6 Å². The summed E-state index contributed by atoms with van der Waals surface area (Å²) in [5.41, 5.74) is 4.81. The Morgan fingerprint density at radius 1 is 1.11 bits per heavy atom. The Bertz CT molecular complexity index is 1540. The number of anilines is 1. The van der Waals surface area contributed by atoms with E-state index in [9.17, 15) is 14.7 Å². The van der Waals surface area contributed by atoms with Crippen molar-refractivity contribution in [2.75, 3.05) is 5.32 Å². The van der Waals surface area contributed by atoms with Crippen molar-refractivity contribution < 1.29 is 14.7 Å². The third-order valence-electron chi connectivity index (χ3n) is 6.97. The number of hydrogen-bond acceptors (Lipinski definition) is 5. The van der Waals surface area contributed by atoms with Gasteiger partial charge in [-0.05, 0) is 54.6 Å². The Labute approximate surface area is 216 Å². The zero-order chi connectivity index (χ0) is 25.0. The number of nitrogens with zero attached hydrogens (tertiary/aromatic N) is 2. The maximum atomic E-state index is 13.7. The minimum atomic E-state index is -1.02. The number of benzene rings is 2. The summed E-state index contributed by atoms with van der Waals surface area (Å²) in [7, 11) is 0. The van der Waals surface area contributed by atoms with Crippen LogP contribution in [0.25, 0.3) is 5.69 Å². The molecule has 6 rings (SSSR count). The third kappa shape index (κ3) is 3.67. The van der Waals surface area contributed by atoms with Gasteiger partial charge in [0.05, 0.1) is 16.9 Å². The highest BCUT2D eigenvalue weighted by Crippen LogP contribution is 2.50. The second kappa shape index (κ2) is 8.76. The lowest BCUT2D eigenvalue weighted by Gasteiger charge is -2.35. The minimum absolute atomic E-state index is 0.0972. The molecule has 2 atom stereocenters. The lowest BCUT2D eigenvalue weighted by Crippen LogP contribution is -2.30. The molecule has 180 valence electrons. The van der Waals surface area contributed by atoms with Gasteiger partial charge in [-0.3, -0.25) is 4.79 Å². The van der Waals surface area contributed by atoms with Crippen LogP contribution in [0.5, 0.6) is 0 Å². The fourth-order valence-electron chi connectivity index (χ4n) is 5.40. The van der Waals surface area contributed by atoms with Crippen molar-refractivity contribution in [1.82, 2.24) is 9.78 Å². The zero-order valence-electron chi connectivity index (χ0n) is 19.4. The van der Waals surface area contributed by atoms with E-state index >= 15 is 0 Å². The Kier molecular flexibility index (Phi) is 5.54. The molecule has 2 aromatic heterocycles. The molecule has 0 bridgehead atoms. The number of carboxylic acid groups (broad SMARTS) is 1. The lowest BCUT2D eigenvalue weighted by molar-refractivity contribution is -0.116. The summed E-state index contributed by atoms with van der Waals surface area (Å²) in [6.07, 6.45) is 1.14. The van der Waals surface area contributed by atoms with Gasteiger partial charge in [0.25, 0.3) is 0 Å². The summed E-state index contributed by atoms with van der Waals surface area (Å²) in [5, 5.41) is 20.8. The molecule has 1 aliphatic carbocycles. The number of ketones is 1. The summed E-state index contributed by atoms with van der Waals surface area (Å²) >= 11 is 7.86. The maximum Gasteiger partial charge on any atom is 0.337 e. The van der Waals surface area contributed by atoms with Crippen LogP contribution in [0.3, 0.4) is 0 Å². The van der Waals surface area contributed by atoms with Crippen LogP contribution < -0.4 is 5.32 Å². The first-order chi connectivity index (χ1) is 17.4. The number of fused-ring (bicyclic) bond motifs is 1. The largest absolute Gasteiger partial charge is 0.478 e. The van der Waals surface area contributed by atoms with Crippen LogP contribution in [-0.2, 0) is 4.79 Å². The van der Waals surface area contributed by atoms with E-state index in [0.717, 1.165) is 28.1 Å². The molecule has 3 heterocycles. The van der Waals surface area contributed by atoms with Crippen molar-refractivity contribution >= 4 is 40.5 Å². The molecular formula is C28H22ClN3O3S. The molecule has 2 N–H and O–H groups in total. The van der Waals surface area contributed by atoms with E-state index in [1.165, 1.54) is 4.88 Å². The first-order valence-electron chi connectivity index (χ1n) is 11.7. The molecule has 36 heavy (non-hydrogen) atoms. The Balaban J connectivity index is 1.56. The first kappa shape index (κ1) is 22.8. The van der Waals surface area contributed by atoms with Crippen LogP contribution in [-0.4, -0.2) is 26.6 Å². The summed E-state index contributed by atoms with van der Waals surface area (Å²) < 4.78 is 1.67. The van der Waals surface area contributed by atoms with Gasteiger partial charge in [0.1, 0.15) is 5.82 Å². The van der Waals surface area contributed by atoms with Gasteiger partial charge >= 0.3 is 5.97 Å². The molecule has 0 amide bonds. The number of aromatic nitrogens is 2. The van der Waals surface area contributed by atoms with Crippen LogP contribution >= 0.6 is 22.9 Å². The SMILES string of the molecule is Cc1nn(-c2ccccc2C(=O)O)c2c1[C@@H](c1ccc(Cl)cc1)C1=C(C[C@H](c3cccs3)CC1=O)N2. The number of allylic oxidation sites excluding steroid dienone is 2. The third-order valence-corrected chi connectivity index (χ3v) is 8.26. The quantitative estimate of drug-likeness (QED) is 0.322. The average Bonchev–Trinajstić information content (AvgIpc) is 3.52. The molecule has 0 saturated heterocycles. The van der Waals surface area contributed by atoms with Gasteiger partial charge < -0.3 is 10.4 Å². The van der Waals surface area contributed by atoms with Crippen LogP contribution in [0.2, 0.25) is 5.02 Å². The lowest BCUT2D eigenvalue weighted by atomic mass is 9.73. The first-order valence-corrected chi connectivity index (χ1v) is 12.9. The van der Waals surface area contributed by atoms with Crippen LogP contribution in [0, 0.1) is 6.92 Å². The molecular weight excluding hydrogens is 494 g/mol. The standard InChI is InChI=1S/C28H22ClN3O3S/c1-15-24-25(16-8-10-18(29)11-9-16)26-20(13-17(14-22(26)33)23-7-4-12-36-23)30-27(24)32(31-15)21-6-3-2-5-19(21)28(34)35/h2-12,17,25,30H,13-14H2,1H3,(H,34,35)/t17-,25+/m0/s1. The Morgan fingerprint density at radius 2 is 1.89 bits per heavy atom. The smallest absolute Gasteiger partial charge is 0.337 e. The Hall–Kier alpha value is -3.68. The molecule has 0 spiro atoms. The number of carboxylic acids is 1. The minimum Gasteiger partial charge on any atom is -0.478 e. The molecule has 2 aromatic carbocycles. The maximum absolute atomic E-state index is 13.7. The molecule has 0 unspecified atom stereocenters. The number of rotatable bonds is 4. The normalized spacial score (nSPS) is 19.0. The number of halogens is 1. The summed E-state index contributed by atoms with van der Waals surface area (Å²) in [4.78, 5) is 26.9. The number of Topliss-reactive ketones (excluding diaryl/α,β-unsaturated/α-hetero) is 1. The molecule has 4 aromatic rings. The highest BCUT2D eigenvalue weighted by Gasteiger charge is 2.41. The number of aromatic carboxylic acids is 1. The van der Waals surface area contributed by atoms with Crippen molar-refractivity contribution in [3.63, 3.8) is 0 Å². The number of para-hydroxylation sites is 1. The van der Waals surface area contributed by atoms with E-state index in [2.05, 4.69) is 11.4 Å². The van der Waals surface area contributed by atoms with Crippen molar-refractivity contribution in [3.8, 4) is 5.69 Å². The fourth-order valence-corrected chi connectivity index (χ4v) is 6.36. The molecule has 1 aliphatic heterocycles. The Morgan fingerprint density at radius 3 is 2.61 bits per heavy atom. The average molecular weight is 516 g/mol. The van der Waals surface area contributed by atoms with Gasteiger partial charge in [0.2, 0.25) is 0 Å². The van der Waals surface area contributed by atoms with E-state index in [0.29, 0.717) is 29.4 Å². The number of nitrogens with one attached hydrogen (secondary N) is 1. The number of aryl methyl sites for hydroxylation is 1. The van der Waals surface area contributed by atoms with Gasteiger partial charge in [-0.2, -0.15) is 5.10 Å². The van der Waals surface area contributed by atoms with Crippen LogP contribution in [0.1, 0.15) is 56.7 Å². The predicted molar refractivity (Wildman–Crippen MR) is 141 cm³/mol. The van der Waals surface area contributed by atoms with E-state index in [-0.39, 0.29) is 23.2 Å². The number of carbonyl (C=O) groups excluding carboxylic acids is 1.